The second-order valence-electron chi connectivity index (χ2n) is 4.59. The predicted molar refractivity (Wildman–Crippen MR) is 78.0 cm³/mol. The normalized spacial score (nSPS) is 18.1. The van der Waals surface area contributed by atoms with E-state index in [0.717, 1.165) is 29.9 Å². The van der Waals surface area contributed by atoms with Gasteiger partial charge >= 0.3 is 0 Å². The summed E-state index contributed by atoms with van der Waals surface area (Å²) in [6.45, 7) is 0.200. The summed E-state index contributed by atoms with van der Waals surface area (Å²) < 4.78 is 11.3. The van der Waals surface area contributed by atoms with Crippen molar-refractivity contribution in [3.05, 3.63) is 23.8 Å². The number of methoxy groups -OCH3 is 1. The number of aliphatic hydroxyl groups excluding tert-OH is 1. The van der Waals surface area contributed by atoms with Crippen molar-refractivity contribution in [2.75, 3.05) is 25.2 Å². The van der Waals surface area contributed by atoms with E-state index < -0.39 is 6.10 Å². The Bertz CT molecular complexity index is 408. The Morgan fingerprint density at radius 1 is 1.37 bits per heavy atom. The maximum atomic E-state index is 9.80. The van der Waals surface area contributed by atoms with E-state index in [1.807, 2.05) is 30.0 Å². The Balaban J connectivity index is 2.15. The molecule has 1 aromatic carbocycles. The molecule has 0 aromatic heterocycles. The fourth-order valence-corrected chi connectivity index (χ4v) is 3.17. The van der Waals surface area contributed by atoms with Crippen LogP contribution in [-0.4, -0.2) is 36.4 Å². The third-order valence-corrected chi connectivity index (χ3v) is 4.31. The van der Waals surface area contributed by atoms with Crippen LogP contribution in [0.15, 0.2) is 18.2 Å². The molecule has 19 heavy (non-hydrogen) atoms. The fraction of sp³-hybridized carbons (Fsp3) is 0.571. The first-order chi connectivity index (χ1) is 9.24. The molecule has 0 radical (unpaired) electrons. The van der Waals surface area contributed by atoms with Gasteiger partial charge in [0, 0.05) is 6.54 Å². The predicted octanol–water partition coefficient (Wildman–Crippen LogP) is 1.96. The zero-order valence-electron chi connectivity index (χ0n) is 11.2. The standard InChI is InChI=1S/C14H21NO3S/c1-17-13-3-2-10(12(16)9-15)8-14(13)18-11-4-6-19-7-5-11/h2-3,8,11-12,16H,4-7,9,15H2,1H3. The van der Waals surface area contributed by atoms with E-state index in [0.29, 0.717) is 11.5 Å². The summed E-state index contributed by atoms with van der Waals surface area (Å²) in [7, 11) is 1.62. The van der Waals surface area contributed by atoms with E-state index >= 15 is 0 Å². The molecular formula is C14H21NO3S. The molecule has 0 bridgehead atoms. The van der Waals surface area contributed by atoms with Gasteiger partial charge in [-0.3, -0.25) is 0 Å². The van der Waals surface area contributed by atoms with Crippen molar-refractivity contribution in [1.82, 2.24) is 0 Å². The second kappa shape index (κ2) is 7.03. The number of thioether (sulfide) groups is 1. The molecule has 4 nitrogen and oxygen atoms in total. The van der Waals surface area contributed by atoms with Gasteiger partial charge in [0.25, 0.3) is 0 Å². The lowest BCUT2D eigenvalue weighted by atomic mass is 10.1. The molecule has 1 aromatic rings. The van der Waals surface area contributed by atoms with Crippen LogP contribution in [0, 0.1) is 0 Å². The highest BCUT2D eigenvalue weighted by Crippen LogP contribution is 2.33. The minimum absolute atomic E-state index is 0.200. The van der Waals surface area contributed by atoms with Crippen LogP contribution in [-0.2, 0) is 0 Å². The topological polar surface area (TPSA) is 64.7 Å². The van der Waals surface area contributed by atoms with Gasteiger partial charge in [0.2, 0.25) is 0 Å². The third kappa shape index (κ3) is 3.78. The fourth-order valence-electron chi connectivity index (χ4n) is 2.10. The van der Waals surface area contributed by atoms with Crippen LogP contribution in [0.3, 0.4) is 0 Å². The average molecular weight is 283 g/mol. The molecule has 5 heteroatoms. The lowest BCUT2D eigenvalue weighted by Crippen LogP contribution is -2.22. The first kappa shape index (κ1) is 14.5. The van der Waals surface area contributed by atoms with Crippen LogP contribution < -0.4 is 15.2 Å². The molecule has 1 fully saturated rings. The lowest BCUT2D eigenvalue weighted by Gasteiger charge is -2.24. The minimum Gasteiger partial charge on any atom is -0.493 e. The Morgan fingerprint density at radius 2 is 2.11 bits per heavy atom. The molecule has 1 saturated heterocycles. The maximum absolute atomic E-state index is 9.80. The summed E-state index contributed by atoms with van der Waals surface area (Å²) in [5, 5.41) is 9.80. The van der Waals surface area contributed by atoms with Crippen molar-refractivity contribution >= 4 is 11.8 Å². The van der Waals surface area contributed by atoms with Gasteiger partial charge < -0.3 is 20.3 Å². The molecule has 2 rings (SSSR count). The molecular weight excluding hydrogens is 262 g/mol. The number of hydrogen-bond donors (Lipinski definition) is 2. The van der Waals surface area contributed by atoms with E-state index in [1.54, 1.807) is 7.11 Å². The van der Waals surface area contributed by atoms with Crippen LogP contribution >= 0.6 is 11.8 Å². The number of ether oxygens (including phenoxy) is 2. The molecule has 0 spiro atoms. The quantitative estimate of drug-likeness (QED) is 0.865. The van der Waals surface area contributed by atoms with E-state index in [9.17, 15) is 5.11 Å². The second-order valence-corrected chi connectivity index (χ2v) is 5.82. The molecule has 1 aliphatic heterocycles. The molecule has 106 valence electrons. The Hall–Kier alpha value is -0.910. The summed E-state index contributed by atoms with van der Waals surface area (Å²) >= 11 is 1.96. The molecule has 1 unspecified atom stereocenters. The number of hydrogen-bond acceptors (Lipinski definition) is 5. The van der Waals surface area contributed by atoms with Crippen molar-refractivity contribution in [1.29, 1.82) is 0 Å². The van der Waals surface area contributed by atoms with E-state index in [4.69, 9.17) is 15.2 Å². The van der Waals surface area contributed by atoms with Crippen LogP contribution in [0.5, 0.6) is 11.5 Å². The van der Waals surface area contributed by atoms with Crippen LogP contribution in [0.25, 0.3) is 0 Å². The van der Waals surface area contributed by atoms with Crippen LogP contribution in [0.2, 0.25) is 0 Å². The first-order valence-corrected chi connectivity index (χ1v) is 7.70. The number of benzene rings is 1. The van der Waals surface area contributed by atoms with Crippen molar-refractivity contribution in [2.45, 2.75) is 25.0 Å². The Morgan fingerprint density at radius 3 is 2.74 bits per heavy atom. The summed E-state index contributed by atoms with van der Waals surface area (Å²) in [5.74, 6) is 3.67. The van der Waals surface area contributed by atoms with Gasteiger partial charge in [0.05, 0.1) is 13.2 Å². The lowest BCUT2D eigenvalue weighted by molar-refractivity contribution is 0.176. The molecule has 0 amide bonds. The monoisotopic (exact) mass is 283 g/mol. The molecule has 1 aliphatic rings. The third-order valence-electron chi connectivity index (χ3n) is 3.26. The van der Waals surface area contributed by atoms with E-state index in [1.165, 1.54) is 0 Å². The van der Waals surface area contributed by atoms with Crippen molar-refractivity contribution in [2.24, 2.45) is 5.73 Å². The molecule has 0 aliphatic carbocycles. The maximum Gasteiger partial charge on any atom is 0.161 e. The average Bonchev–Trinajstić information content (AvgIpc) is 2.47. The molecule has 1 atom stereocenters. The van der Waals surface area contributed by atoms with Crippen LogP contribution in [0.1, 0.15) is 24.5 Å². The zero-order valence-corrected chi connectivity index (χ0v) is 12.0. The summed E-state index contributed by atoms with van der Waals surface area (Å²) in [6.07, 6.45) is 1.69. The molecule has 1 heterocycles. The smallest absolute Gasteiger partial charge is 0.161 e. The summed E-state index contributed by atoms with van der Waals surface area (Å²) in [4.78, 5) is 0. The highest BCUT2D eigenvalue weighted by atomic mass is 32.2. The highest BCUT2D eigenvalue weighted by molar-refractivity contribution is 7.99. The summed E-state index contributed by atoms with van der Waals surface area (Å²) in [5.41, 5.74) is 6.25. The van der Waals surface area contributed by atoms with Gasteiger partial charge in [-0.15, -0.1) is 0 Å². The van der Waals surface area contributed by atoms with Gasteiger partial charge in [-0.2, -0.15) is 11.8 Å². The van der Waals surface area contributed by atoms with Crippen molar-refractivity contribution < 1.29 is 14.6 Å². The minimum atomic E-state index is -0.657. The summed E-state index contributed by atoms with van der Waals surface area (Å²) in [6, 6.07) is 5.47. The van der Waals surface area contributed by atoms with Crippen molar-refractivity contribution in [3.8, 4) is 11.5 Å². The van der Waals surface area contributed by atoms with Gasteiger partial charge in [0.1, 0.15) is 6.10 Å². The van der Waals surface area contributed by atoms with Gasteiger partial charge in [-0.05, 0) is 42.0 Å². The number of nitrogens with two attached hydrogens (primary N) is 1. The number of aliphatic hydroxyl groups is 1. The van der Waals surface area contributed by atoms with Gasteiger partial charge in [-0.1, -0.05) is 6.07 Å². The van der Waals surface area contributed by atoms with E-state index in [-0.39, 0.29) is 12.6 Å². The largest absolute Gasteiger partial charge is 0.493 e. The number of rotatable bonds is 5. The SMILES string of the molecule is COc1ccc(C(O)CN)cc1OC1CCSCC1. The highest BCUT2D eigenvalue weighted by Gasteiger charge is 2.18. The Kier molecular flexibility index (Phi) is 5.36. The first-order valence-electron chi connectivity index (χ1n) is 6.55. The van der Waals surface area contributed by atoms with Crippen LogP contribution in [0.4, 0.5) is 0 Å². The van der Waals surface area contributed by atoms with Gasteiger partial charge in [-0.25, -0.2) is 0 Å². The molecule has 0 saturated carbocycles. The van der Waals surface area contributed by atoms with Gasteiger partial charge in [0.15, 0.2) is 11.5 Å². The van der Waals surface area contributed by atoms with E-state index in [2.05, 4.69) is 0 Å². The Labute approximate surface area is 118 Å². The van der Waals surface area contributed by atoms with Crippen molar-refractivity contribution in [3.63, 3.8) is 0 Å². The zero-order chi connectivity index (χ0) is 13.7. The molecule has 3 N–H and O–H groups in total.